The third kappa shape index (κ3) is 5.20. The summed E-state index contributed by atoms with van der Waals surface area (Å²) in [5, 5.41) is 8.02. The molecule has 0 unspecified atom stereocenters. The topological polar surface area (TPSA) is 61.2 Å². The van der Waals surface area contributed by atoms with E-state index in [1.54, 1.807) is 13.8 Å². The average molecular weight is 218 g/mol. The Morgan fingerprint density at radius 2 is 1.93 bits per heavy atom. The van der Waals surface area contributed by atoms with Crippen LogP contribution in [-0.2, 0) is 9.84 Å². The van der Waals surface area contributed by atoms with Gasteiger partial charge in [-0.3, -0.25) is 0 Å². The summed E-state index contributed by atoms with van der Waals surface area (Å²) < 4.78 is 22.8. The van der Waals surface area contributed by atoms with Gasteiger partial charge in [0.1, 0.15) is 0 Å². The fourth-order valence-corrected chi connectivity index (χ4v) is 1.91. The number of rotatable bonds is 6. The van der Waals surface area contributed by atoms with Gasteiger partial charge < -0.3 is 4.90 Å². The van der Waals surface area contributed by atoms with E-state index in [4.69, 9.17) is 5.26 Å². The molecule has 0 aliphatic rings. The summed E-state index contributed by atoms with van der Waals surface area (Å²) in [5.74, 6) is 0.173. The maximum atomic E-state index is 11.4. The van der Waals surface area contributed by atoms with Crippen molar-refractivity contribution in [2.75, 3.05) is 25.9 Å². The SMILES string of the molecule is CC(C)S(=O)(=O)CCN(C)CCC#N. The Labute approximate surface area is 86.4 Å². The van der Waals surface area contributed by atoms with Crippen molar-refractivity contribution in [1.29, 1.82) is 5.26 Å². The lowest BCUT2D eigenvalue weighted by Gasteiger charge is -2.15. The largest absolute Gasteiger partial charge is 0.304 e. The van der Waals surface area contributed by atoms with Gasteiger partial charge in [-0.15, -0.1) is 0 Å². The molecule has 0 radical (unpaired) electrons. The molecule has 0 rings (SSSR count). The number of nitrogens with zero attached hydrogens (tertiary/aromatic N) is 2. The fourth-order valence-electron chi connectivity index (χ4n) is 0.871. The second kappa shape index (κ2) is 5.99. The Morgan fingerprint density at radius 1 is 1.36 bits per heavy atom. The predicted octanol–water partition coefficient (Wildman–Crippen LogP) is 0.655. The molecular weight excluding hydrogens is 200 g/mol. The van der Waals surface area contributed by atoms with Crippen molar-refractivity contribution < 1.29 is 8.42 Å². The third-order valence-corrected chi connectivity index (χ3v) is 4.27. The van der Waals surface area contributed by atoms with E-state index in [-0.39, 0.29) is 11.0 Å². The van der Waals surface area contributed by atoms with Gasteiger partial charge in [-0.25, -0.2) is 8.42 Å². The van der Waals surface area contributed by atoms with Gasteiger partial charge in [-0.05, 0) is 20.9 Å². The van der Waals surface area contributed by atoms with Crippen molar-refractivity contribution in [1.82, 2.24) is 4.90 Å². The Balaban J connectivity index is 3.90. The Hall–Kier alpha value is -0.600. The minimum absolute atomic E-state index is 0.173. The van der Waals surface area contributed by atoms with Crippen molar-refractivity contribution in [2.45, 2.75) is 25.5 Å². The van der Waals surface area contributed by atoms with Gasteiger partial charge in [0.25, 0.3) is 0 Å². The van der Waals surface area contributed by atoms with Gasteiger partial charge in [-0.2, -0.15) is 5.26 Å². The highest BCUT2D eigenvalue weighted by Gasteiger charge is 2.16. The van der Waals surface area contributed by atoms with Crippen LogP contribution in [0.15, 0.2) is 0 Å². The second-order valence-electron chi connectivity index (χ2n) is 3.63. The van der Waals surface area contributed by atoms with Crippen molar-refractivity contribution in [3.8, 4) is 6.07 Å². The van der Waals surface area contributed by atoms with Gasteiger partial charge in [0.15, 0.2) is 9.84 Å². The minimum atomic E-state index is -2.94. The summed E-state index contributed by atoms with van der Waals surface area (Å²) >= 11 is 0. The van der Waals surface area contributed by atoms with Crippen molar-refractivity contribution in [3.05, 3.63) is 0 Å². The van der Waals surface area contributed by atoms with Crippen LogP contribution in [0.25, 0.3) is 0 Å². The standard InChI is InChI=1S/C9H18N2O2S/c1-9(2)14(12,13)8-7-11(3)6-4-5-10/h9H,4,6-8H2,1-3H3. The fraction of sp³-hybridized carbons (Fsp3) is 0.889. The van der Waals surface area contributed by atoms with Crippen molar-refractivity contribution in [2.24, 2.45) is 0 Å². The molecule has 0 heterocycles. The number of sulfone groups is 1. The smallest absolute Gasteiger partial charge is 0.153 e. The molecule has 0 atom stereocenters. The van der Waals surface area contributed by atoms with E-state index in [9.17, 15) is 8.42 Å². The number of hydrogen-bond acceptors (Lipinski definition) is 4. The van der Waals surface area contributed by atoms with Gasteiger partial charge in [-0.1, -0.05) is 0 Å². The highest BCUT2D eigenvalue weighted by Crippen LogP contribution is 2.01. The summed E-state index contributed by atoms with van der Waals surface area (Å²) in [5.41, 5.74) is 0. The molecule has 0 saturated carbocycles. The van der Waals surface area contributed by atoms with E-state index in [1.165, 1.54) is 0 Å². The average Bonchev–Trinajstić information content (AvgIpc) is 2.11. The van der Waals surface area contributed by atoms with Crippen LogP contribution in [-0.4, -0.2) is 44.5 Å². The van der Waals surface area contributed by atoms with E-state index in [0.29, 0.717) is 19.5 Å². The zero-order valence-electron chi connectivity index (χ0n) is 9.02. The molecule has 14 heavy (non-hydrogen) atoms. The molecule has 0 aromatic carbocycles. The molecule has 4 nitrogen and oxygen atoms in total. The number of nitriles is 1. The van der Waals surface area contributed by atoms with Crippen molar-refractivity contribution >= 4 is 9.84 Å². The van der Waals surface area contributed by atoms with E-state index < -0.39 is 9.84 Å². The number of hydrogen-bond donors (Lipinski definition) is 0. The first-order valence-corrected chi connectivity index (χ1v) is 6.38. The van der Waals surface area contributed by atoms with Crippen LogP contribution < -0.4 is 0 Å². The normalized spacial score (nSPS) is 12.0. The lowest BCUT2D eigenvalue weighted by atomic mass is 10.4. The van der Waals surface area contributed by atoms with Crippen LogP contribution in [0, 0.1) is 11.3 Å². The molecule has 0 aromatic rings. The monoisotopic (exact) mass is 218 g/mol. The van der Waals surface area contributed by atoms with Gasteiger partial charge in [0, 0.05) is 19.5 Å². The van der Waals surface area contributed by atoms with E-state index in [2.05, 4.69) is 0 Å². The van der Waals surface area contributed by atoms with Crippen LogP contribution in [0.4, 0.5) is 0 Å². The van der Waals surface area contributed by atoms with Gasteiger partial charge in [0.05, 0.1) is 17.1 Å². The molecule has 0 amide bonds. The Kier molecular flexibility index (Phi) is 5.73. The molecule has 5 heteroatoms. The lowest BCUT2D eigenvalue weighted by Crippen LogP contribution is -2.29. The second-order valence-corrected chi connectivity index (χ2v) is 6.30. The Bertz CT molecular complexity index is 290. The van der Waals surface area contributed by atoms with Crippen LogP contribution in [0.1, 0.15) is 20.3 Å². The summed E-state index contributed by atoms with van der Waals surface area (Å²) in [6, 6.07) is 2.03. The molecule has 0 fully saturated rings. The van der Waals surface area contributed by atoms with Gasteiger partial charge in [0.2, 0.25) is 0 Å². The van der Waals surface area contributed by atoms with Crippen molar-refractivity contribution in [3.63, 3.8) is 0 Å². The first kappa shape index (κ1) is 13.4. The van der Waals surface area contributed by atoms with Crippen LogP contribution >= 0.6 is 0 Å². The summed E-state index contributed by atoms with van der Waals surface area (Å²) in [6.45, 7) is 4.50. The Morgan fingerprint density at radius 3 is 2.36 bits per heavy atom. The zero-order valence-corrected chi connectivity index (χ0v) is 9.84. The maximum absolute atomic E-state index is 11.4. The molecule has 82 valence electrons. The first-order chi connectivity index (χ1) is 6.40. The van der Waals surface area contributed by atoms with Gasteiger partial charge >= 0.3 is 0 Å². The van der Waals surface area contributed by atoms with Crippen LogP contribution in [0.3, 0.4) is 0 Å². The highest BCUT2D eigenvalue weighted by molar-refractivity contribution is 7.92. The molecule has 0 aromatic heterocycles. The maximum Gasteiger partial charge on any atom is 0.153 e. The summed E-state index contributed by atoms with van der Waals surface area (Å²) in [7, 11) is -1.12. The predicted molar refractivity (Wildman–Crippen MR) is 56.6 cm³/mol. The molecule has 0 spiro atoms. The van der Waals surface area contributed by atoms with E-state index in [0.717, 1.165) is 0 Å². The third-order valence-electron chi connectivity index (χ3n) is 2.08. The lowest BCUT2D eigenvalue weighted by molar-refractivity contribution is 0.361. The molecule has 0 N–H and O–H groups in total. The summed E-state index contributed by atoms with van der Waals surface area (Å²) in [4.78, 5) is 1.86. The molecular formula is C9H18N2O2S. The van der Waals surface area contributed by atoms with E-state index >= 15 is 0 Å². The molecule has 0 aliphatic carbocycles. The first-order valence-electron chi connectivity index (χ1n) is 4.67. The molecule has 0 saturated heterocycles. The highest BCUT2D eigenvalue weighted by atomic mass is 32.2. The minimum Gasteiger partial charge on any atom is -0.304 e. The molecule has 0 aliphatic heterocycles. The van der Waals surface area contributed by atoms with Crippen LogP contribution in [0.5, 0.6) is 0 Å². The van der Waals surface area contributed by atoms with E-state index in [1.807, 2.05) is 18.0 Å². The molecule has 0 bridgehead atoms. The summed E-state index contributed by atoms with van der Waals surface area (Å²) in [6.07, 6.45) is 0.443. The van der Waals surface area contributed by atoms with Crippen LogP contribution in [0.2, 0.25) is 0 Å². The zero-order chi connectivity index (χ0) is 11.2. The quantitative estimate of drug-likeness (QED) is 0.657.